The number of nitrogens with two attached hydrogens (primary N) is 2. The highest BCUT2D eigenvalue weighted by Crippen LogP contribution is 2.24. The number of unbranched alkanes of at least 4 members (excludes halogenated alkanes) is 15. The Morgan fingerprint density at radius 1 is 0.419 bits per heavy atom. The van der Waals surface area contributed by atoms with E-state index in [-0.39, 0.29) is 179 Å². The smallest absolute Gasteiger partial charge is 0.303 e. The van der Waals surface area contributed by atoms with Crippen molar-refractivity contribution >= 4 is 92.5 Å². The van der Waals surface area contributed by atoms with E-state index in [1.165, 1.54) is 66.5 Å². The molecular weight excluding hydrogens is 1810 g/mol. The molecule has 784 valence electrons. The van der Waals surface area contributed by atoms with Crippen LogP contribution in [0.1, 0.15) is 186 Å². The minimum atomic E-state index is -1.18. The van der Waals surface area contributed by atoms with E-state index in [1.54, 1.807) is 7.11 Å². The van der Waals surface area contributed by atoms with Gasteiger partial charge in [0, 0.05) is 89.5 Å². The highest BCUT2D eigenvalue weighted by molar-refractivity contribution is 8.76. The lowest BCUT2D eigenvalue weighted by Crippen LogP contribution is -2.57. The first-order chi connectivity index (χ1) is 66.3. The molecule has 43 heteroatoms. The molecule has 0 aliphatic carbocycles. The van der Waals surface area contributed by atoms with Gasteiger partial charge in [0.15, 0.2) is 0 Å². The number of nitrogens with one attached hydrogen (secondary N) is 10. The number of benzene rings is 1. The highest BCUT2D eigenvalue weighted by Gasteiger charge is 2.33. The third-order valence-corrected chi connectivity index (χ3v) is 23.4. The summed E-state index contributed by atoms with van der Waals surface area (Å²) in [4.78, 5) is 158. The predicted octanol–water partition coefficient (Wildman–Crippen LogP) is 3.22. The van der Waals surface area contributed by atoms with Crippen molar-refractivity contribution < 1.29 is 138 Å². The lowest BCUT2D eigenvalue weighted by molar-refractivity contribution is -0.137. The van der Waals surface area contributed by atoms with Gasteiger partial charge in [-0.25, -0.2) is 0 Å². The van der Waals surface area contributed by atoms with Gasteiger partial charge >= 0.3 is 5.97 Å². The molecule has 1 fully saturated rings. The molecular formula is C93H166N12O29S2. The number of primary amides is 1. The first-order valence-electron chi connectivity index (χ1n) is 48.8. The Labute approximate surface area is 813 Å². The molecule has 1 aromatic carbocycles. The number of hydrogen-bond donors (Lipinski definition) is 13. The van der Waals surface area contributed by atoms with Gasteiger partial charge in [0.05, 0.1) is 192 Å². The molecule has 0 aromatic heterocycles. The van der Waals surface area contributed by atoms with Crippen LogP contribution in [0.2, 0.25) is 0 Å². The fraction of sp³-hybridized carbons (Fsp3) is 0.806. The maximum atomic E-state index is 14.7. The van der Waals surface area contributed by atoms with Crippen molar-refractivity contribution in [2.75, 3.05) is 256 Å². The molecule has 0 unspecified atom stereocenters. The van der Waals surface area contributed by atoms with E-state index in [4.69, 9.17) is 92.4 Å². The van der Waals surface area contributed by atoms with Crippen molar-refractivity contribution in [1.29, 1.82) is 0 Å². The second-order valence-corrected chi connectivity index (χ2v) is 35.0. The van der Waals surface area contributed by atoms with Crippen molar-refractivity contribution in [2.24, 2.45) is 17.4 Å². The summed E-state index contributed by atoms with van der Waals surface area (Å²) in [6.07, 6.45) is 17.8. The van der Waals surface area contributed by atoms with Crippen molar-refractivity contribution in [1.82, 2.24) is 53.2 Å². The largest absolute Gasteiger partial charge is 0.481 e. The van der Waals surface area contributed by atoms with Crippen LogP contribution in [-0.2, 0) is 140 Å². The number of carbonyl (C=O) groups is 12. The van der Waals surface area contributed by atoms with Gasteiger partial charge in [-0.1, -0.05) is 149 Å². The van der Waals surface area contributed by atoms with Gasteiger partial charge < -0.3 is 146 Å². The first-order valence-corrected chi connectivity index (χ1v) is 51.3. The van der Waals surface area contributed by atoms with Crippen molar-refractivity contribution in [3.8, 4) is 0 Å². The molecule has 1 saturated heterocycles. The summed E-state index contributed by atoms with van der Waals surface area (Å²) < 4.78 is 87.5. The van der Waals surface area contributed by atoms with Crippen LogP contribution in [0.4, 0.5) is 0 Å². The van der Waals surface area contributed by atoms with Gasteiger partial charge in [-0.2, -0.15) is 0 Å². The Kier molecular flexibility index (Phi) is 83.1. The first kappa shape index (κ1) is 125. The second-order valence-electron chi connectivity index (χ2n) is 32.4. The number of methoxy groups -OCH3 is 1. The molecule has 136 heavy (non-hydrogen) atoms. The van der Waals surface area contributed by atoms with Gasteiger partial charge in [0.2, 0.25) is 65.0 Å². The van der Waals surface area contributed by atoms with Gasteiger partial charge in [-0.05, 0) is 69.3 Å². The fourth-order valence-electron chi connectivity index (χ4n) is 13.2. The zero-order valence-corrected chi connectivity index (χ0v) is 82.9. The molecule has 1 aliphatic heterocycles. The van der Waals surface area contributed by atoms with Crippen LogP contribution >= 0.6 is 21.6 Å². The Balaban J connectivity index is 1.73. The SMILES string of the molecule is CC[C@H](C)[C@@H]1NC(=O)CCSSC[C@@H](C(N)=O)NC(=O)[C@@H](CCCCNC(=O)CCOCCOCCOCCOCCOCCOCCOCCOCCOCCOCCOCCOC)NC(=O)C[C@H](Cc2ccccc2)NC(=O)[C@H](CCCCNC(=O)COCCOCCNC(=O)COCCOCCNC(=O)[C@H](CN)NC(=O)CCCCCCCCCCCCCCCCC(=O)O)NC1=O. The maximum Gasteiger partial charge on any atom is 0.303 e. The highest BCUT2D eigenvalue weighted by atomic mass is 33.1. The van der Waals surface area contributed by atoms with E-state index in [2.05, 4.69) is 53.2 Å². The molecule has 7 atom stereocenters. The lowest BCUT2D eigenvalue weighted by atomic mass is 9.97. The molecule has 2 rings (SSSR count). The zero-order valence-electron chi connectivity index (χ0n) is 81.2. The van der Waals surface area contributed by atoms with E-state index in [9.17, 15) is 57.5 Å². The average molecular weight is 1980 g/mol. The van der Waals surface area contributed by atoms with E-state index in [0.29, 0.717) is 177 Å². The van der Waals surface area contributed by atoms with Crippen molar-refractivity contribution in [3.05, 3.63) is 35.9 Å². The molecule has 1 heterocycles. The quantitative estimate of drug-likeness (QED) is 0.0329. The second kappa shape index (κ2) is 90.4. The Bertz CT molecular complexity index is 3240. The van der Waals surface area contributed by atoms with Crippen LogP contribution < -0.4 is 64.6 Å². The van der Waals surface area contributed by atoms with Crippen LogP contribution in [-0.4, -0.2) is 368 Å². The van der Waals surface area contributed by atoms with Gasteiger partial charge in [-0.3, -0.25) is 57.5 Å². The van der Waals surface area contributed by atoms with Gasteiger partial charge in [0.25, 0.3) is 0 Å². The van der Waals surface area contributed by atoms with Crippen LogP contribution in [0.3, 0.4) is 0 Å². The summed E-state index contributed by atoms with van der Waals surface area (Å²) in [6.45, 7) is 14.6. The summed E-state index contributed by atoms with van der Waals surface area (Å²) in [6, 6.07) is 2.80. The van der Waals surface area contributed by atoms with Crippen LogP contribution in [0.5, 0.6) is 0 Å². The van der Waals surface area contributed by atoms with Crippen LogP contribution in [0.25, 0.3) is 0 Å². The molecule has 0 saturated carbocycles. The molecule has 0 spiro atoms. The Hall–Kier alpha value is -7.12. The number of ether oxygens (including phenoxy) is 16. The van der Waals surface area contributed by atoms with Crippen LogP contribution in [0, 0.1) is 5.92 Å². The van der Waals surface area contributed by atoms with Crippen LogP contribution in [0.15, 0.2) is 30.3 Å². The number of carbonyl (C=O) groups excluding carboxylic acids is 11. The van der Waals surface area contributed by atoms with E-state index >= 15 is 0 Å². The number of carboxylic acids is 1. The topological polar surface area (TPSA) is 545 Å². The van der Waals surface area contributed by atoms with E-state index in [0.717, 1.165) is 50.5 Å². The molecule has 41 nitrogen and oxygen atoms in total. The Morgan fingerprint density at radius 3 is 1.27 bits per heavy atom. The maximum absolute atomic E-state index is 14.7. The summed E-state index contributed by atoms with van der Waals surface area (Å²) in [5, 5.41) is 36.8. The molecule has 0 bridgehead atoms. The van der Waals surface area contributed by atoms with E-state index in [1.807, 2.05) is 44.2 Å². The van der Waals surface area contributed by atoms with Gasteiger partial charge in [0.1, 0.15) is 43.4 Å². The number of rotatable bonds is 87. The summed E-state index contributed by atoms with van der Waals surface area (Å²) >= 11 is 0. The standard InChI is InChI=1S/C93H166N12O29S2/c1-4-74(2)88-93(118)103-78(29-23-25-35-97-85(110)71-133-65-63-121-39-36-98-86(111)72-134-66-64-122-40-37-99-90(115)79(70-94)102-82(107)30-20-15-13-11-9-7-5-6-8-10-12-14-16-21-31-87(112)113)91(116)100-76(68-75-26-18-17-19-27-75)69-84(109)101-77(92(117)104-80(89(95)114)73-136-135-67-33-83(108)105-88)28-22-24-34-96-81(106)32-38-120-43-44-124-47-48-126-51-52-128-55-56-130-59-60-132-62-61-131-58-57-129-54-53-127-50-49-125-46-45-123-42-41-119-3/h17-19,26-27,74,76-80,88H,4-16,20-25,28-73,94H2,1-3H3,(H2,95,114)(H,96,106)(H,97,110)(H,98,111)(H,99,115)(H,100,116)(H,101,109)(H,102,107)(H,103,118)(H,104,117)(H,105,108)(H,112,113)/t74-,76-,77+,78-,79-,80-,88-/m0/s1. The van der Waals surface area contributed by atoms with Crippen molar-refractivity contribution in [2.45, 2.75) is 223 Å². The third kappa shape index (κ3) is 75.8. The molecule has 11 amide bonds. The zero-order chi connectivity index (χ0) is 98.8. The fourth-order valence-corrected chi connectivity index (χ4v) is 15.3. The van der Waals surface area contributed by atoms with Gasteiger partial charge in [-0.15, -0.1) is 0 Å². The molecule has 1 aromatic rings. The number of amides is 11. The average Bonchev–Trinajstić information content (AvgIpc) is 0.971. The minimum Gasteiger partial charge on any atom is -0.481 e. The molecule has 0 radical (unpaired) electrons. The Morgan fingerprint density at radius 2 is 0.824 bits per heavy atom. The monoisotopic (exact) mass is 1980 g/mol. The third-order valence-electron chi connectivity index (χ3n) is 21.0. The lowest BCUT2D eigenvalue weighted by Gasteiger charge is -2.28. The number of carboxylic acid groups (broad SMARTS) is 1. The van der Waals surface area contributed by atoms with E-state index < -0.39 is 89.5 Å². The summed E-state index contributed by atoms with van der Waals surface area (Å²) in [5.74, 6) is -6.20. The predicted molar refractivity (Wildman–Crippen MR) is 514 cm³/mol. The number of hydrogen-bond acceptors (Lipinski definition) is 31. The minimum absolute atomic E-state index is 0.0137. The summed E-state index contributed by atoms with van der Waals surface area (Å²) in [7, 11) is 4.10. The molecule has 15 N–H and O–H groups in total. The normalized spacial score (nSPS) is 16.5. The molecule has 1 aliphatic rings. The van der Waals surface area contributed by atoms with Crippen molar-refractivity contribution in [3.63, 3.8) is 0 Å². The summed E-state index contributed by atoms with van der Waals surface area (Å²) in [5.41, 5.74) is 12.4. The number of aliphatic carboxylic acids is 1.